The summed E-state index contributed by atoms with van der Waals surface area (Å²) in [6.45, 7) is 0. The summed E-state index contributed by atoms with van der Waals surface area (Å²) in [6, 6.07) is 11.3. The van der Waals surface area contributed by atoms with Gasteiger partial charge in [-0.15, -0.1) is 0 Å². The highest BCUT2D eigenvalue weighted by atomic mass is 19.1. The fourth-order valence-electron chi connectivity index (χ4n) is 3.27. The van der Waals surface area contributed by atoms with Crippen LogP contribution in [0.25, 0.3) is 11.1 Å². The number of benzene rings is 3. The molecule has 1 N–H and O–H groups in total. The van der Waals surface area contributed by atoms with Gasteiger partial charge in [-0.2, -0.15) is 0 Å². The number of carbonyl (C=O) groups excluding carboxylic acids is 2. The molecule has 0 saturated carbocycles. The third-order valence-electron chi connectivity index (χ3n) is 4.56. The number of carbonyl (C=O) groups is 2. The van der Waals surface area contributed by atoms with Gasteiger partial charge in [0.05, 0.1) is 16.2 Å². The Morgan fingerprint density at radius 3 is 2.17 bits per heavy atom. The minimum Gasteiger partial charge on any atom is -0.503 e. The van der Waals surface area contributed by atoms with Crippen LogP contribution >= 0.6 is 0 Å². The standard InChI is InChI=1S/C20H10F2N2O5/c21-13-8-10(9-14(22)18(13)25)11-4-1-2-6-15(11)23-19(26)12-5-3-7-16(24(28)29)17(12)20(23)27/h1-9,25H. The van der Waals surface area contributed by atoms with Crippen LogP contribution in [0.2, 0.25) is 0 Å². The molecule has 1 aliphatic rings. The van der Waals surface area contributed by atoms with E-state index in [1.165, 1.54) is 36.4 Å². The molecule has 7 nitrogen and oxygen atoms in total. The fraction of sp³-hybridized carbons (Fsp3) is 0. The quantitative estimate of drug-likeness (QED) is 0.409. The second kappa shape index (κ2) is 6.48. The van der Waals surface area contributed by atoms with Gasteiger partial charge in [-0.3, -0.25) is 19.7 Å². The number of phenolic OH excluding ortho intramolecular Hbond substituents is 1. The first-order valence-electron chi connectivity index (χ1n) is 8.25. The molecule has 4 rings (SSSR count). The molecule has 0 spiro atoms. The largest absolute Gasteiger partial charge is 0.503 e. The number of nitro groups is 1. The molecule has 9 heteroatoms. The summed E-state index contributed by atoms with van der Waals surface area (Å²) in [4.78, 5) is 37.0. The third-order valence-corrected chi connectivity index (χ3v) is 4.56. The number of halogens is 2. The lowest BCUT2D eigenvalue weighted by atomic mass is 10.0. The van der Waals surface area contributed by atoms with Crippen LogP contribution in [0.3, 0.4) is 0 Å². The molecule has 0 radical (unpaired) electrons. The van der Waals surface area contributed by atoms with Gasteiger partial charge in [-0.25, -0.2) is 13.7 Å². The van der Waals surface area contributed by atoms with Crippen LogP contribution in [0.15, 0.2) is 54.6 Å². The molecule has 3 aromatic rings. The number of nitro benzene ring substituents is 1. The van der Waals surface area contributed by atoms with E-state index in [9.17, 15) is 33.6 Å². The highest BCUT2D eigenvalue weighted by Gasteiger charge is 2.42. The number of phenols is 1. The Bertz CT molecular complexity index is 1200. The SMILES string of the molecule is O=C1c2cccc([N+](=O)[O-])c2C(=O)N1c1ccccc1-c1cc(F)c(O)c(F)c1. The van der Waals surface area contributed by atoms with Crippen LogP contribution in [0.5, 0.6) is 5.75 Å². The van der Waals surface area contributed by atoms with Crippen LogP contribution in [0, 0.1) is 21.7 Å². The number of hydrogen-bond donors (Lipinski definition) is 1. The number of anilines is 1. The van der Waals surface area contributed by atoms with E-state index in [1.807, 2.05) is 0 Å². The monoisotopic (exact) mass is 396 g/mol. The lowest BCUT2D eigenvalue weighted by Gasteiger charge is -2.18. The van der Waals surface area contributed by atoms with Crippen molar-refractivity contribution in [2.24, 2.45) is 0 Å². The van der Waals surface area contributed by atoms with E-state index in [-0.39, 0.29) is 27.9 Å². The van der Waals surface area contributed by atoms with E-state index >= 15 is 0 Å². The van der Waals surface area contributed by atoms with E-state index < -0.39 is 39.8 Å². The summed E-state index contributed by atoms with van der Waals surface area (Å²) in [7, 11) is 0. The van der Waals surface area contributed by atoms with Gasteiger partial charge in [0.25, 0.3) is 17.5 Å². The van der Waals surface area contributed by atoms with E-state index in [0.717, 1.165) is 23.1 Å². The summed E-state index contributed by atoms with van der Waals surface area (Å²) in [5.74, 6) is -5.28. The van der Waals surface area contributed by atoms with Crippen molar-refractivity contribution in [2.45, 2.75) is 0 Å². The van der Waals surface area contributed by atoms with Crippen molar-refractivity contribution in [3.05, 3.63) is 87.5 Å². The number of nitrogens with zero attached hydrogens (tertiary/aromatic N) is 2. The Morgan fingerprint density at radius 2 is 1.52 bits per heavy atom. The number of rotatable bonds is 3. The van der Waals surface area contributed by atoms with Gasteiger partial charge in [0.1, 0.15) is 5.56 Å². The van der Waals surface area contributed by atoms with Crippen molar-refractivity contribution in [1.29, 1.82) is 0 Å². The average molecular weight is 396 g/mol. The molecule has 0 fully saturated rings. The Hall–Kier alpha value is -4.14. The summed E-state index contributed by atoms with van der Waals surface area (Å²) in [5.41, 5.74) is -0.899. The van der Waals surface area contributed by atoms with Crippen LogP contribution in [-0.4, -0.2) is 21.8 Å². The molecule has 1 heterocycles. The van der Waals surface area contributed by atoms with Gasteiger partial charge in [-0.05, 0) is 29.8 Å². The maximum Gasteiger partial charge on any atom is 0.283 e. The molecule has 29 heavy (non-hydrogen) atoms. The predicted octanol–water partition coefficient (Wildman–Crippen LogP) is 4.05. The maximum absolute atomic E-state index is 13.8. The van der Waals surface area contributed by atoms with Gasteiger partial charge in [-0.1, -0.05) is 24.3 Å². The number of hydrogen-bond acceptors (Lipinski definition) is 5. The highest BCUT2D eigenvalue weighted by molar-refractivity contribution is 6.36. The Kier molecular flexibility index (Phi) is 4.08. The molecule has 0 unspecified atom stereocenters. The van der Waals surface area contributed by atoms with Crippen molar-refractivity contribution < 1.29 is 28.4 Å². The van der Waals surface area contributed by atoms with Gasteiger partial charge in [0.15, 0.2) is 17.4 Å². The summed E-state index contributed by atoms with van der Waals surface area (Å²) in [6.07, 6.45) is 0. The molecule has 3 aromatic carbocycles. The zero-order chi connectivity index (χ0) is 20.9. The fourth-order valence-corrected chi connectivity index (χ4v) is 3.27. The number of fused-ring (bicyclic) bond motifs is 1. The summed E-state index contributed by atoms with van der Waals surface area (Å²) >= 11 is 0. The Balaban J connectivity index is 1.90. The normalized spacial score (nSPS) is 13.0. The first-order chi connectivity index (χ1) is 13.8. The molecule has 2 amide bonds. The van der Waals surface area contributed by atoms with Crippen LogP contribution < -0.4 is 4.90 Å². The van der Waals surface area contributed by atoms with Crippen molar-refractivity contribution in [3.63, 3.8) is 0 Å². The zero-order valence-electron chi connectivity index (χ0n) is 14.4. The zero-order valence-corrected chi connectivity index (χ0v) is 14.4. The molecule has 0 aliphatic carbocycles. The number of aromatic hydroxyl groups is 1. The predicted molar refractivity (Wildman–Crippen MR) is 97.7 cm³/mol. The van der Waals surface area contributed by atoms with Crippen molar-refractivity contribution in [2.75, 3.05) is 4.90 Å². The second-order valence-corrected chi connectivity index (χ2v) is 6.21. The summed E-state index contributed by atoms with van der Waals surface area (Å²) in [5, 5.41) is 20.6. The number of para-hydroxylation sites is 1. The lowest BCUT2D eigenvalue weighted by Crippen LogP contribution is -2.30. The van der Waals surface area contributed by atoms with Gasteiger partial charge in [0, 0.05) is 11.6 Å². The number of amides is 2. The number of imide groups is 1. The first kappa shape index (κ1) is 18.2. The molecular weight excluding hydrogens is 386 g/mol. The lowest BCUT2D eigenvalue weighted by molar-refractivity contribution is -0.385. The topological polar surface area (TPSA) is 101 Å². The smallest absolute Gasteiger partial charge is 0.283 e. The van der Waals surface area contributed by atoms with Crippen LogP contribution in [-0.2, 0) is 0 Å². The van der Waals surface area contributed by atoms with E-state index in [1.54, 1.807) is 0 Å². The van der Waals surface area contributed by atoms with Gasteiger partial charge in [0.2, 0.25) is 0 Å². The van der Waals surface area contributed by atoms with E-state index in [4.69, 9.17) is 0 Å². The van der Waals surface area contributed by atoms with E-state index in [0.29, 0.717) is 0 Å². The minimum atomic E-state index is -1.21. The Morgan fingerprint density at radius 1 is 0.897 bits per heavy atom. The summed E-state index contributed by atoms with van der Waals surface area (Å²) < 4.78 is 27.7. The average Bonchev–Trinajstić information content (AvgIpc) is 2.96. The van der Waals surface area contributed by atoms with Gasteiger partial charge < -0.3 is 5.11 Å². The van der Waals surface area contributed by atoms with Crippen LogP contribution in [0.1, 0.15) is 20.7 Å². The molecule has 0 saturated heterocycles. The van der Waals surface area contributed by atoms with Crippen molar-refractivity contribution >= 4 is 23.2 Å². The minimum absolute atomic E-state index is 0.00233. The van der Waals surface area contributed by atoms with Gasteiger partial charge >= 0.3 is 0 Å². The maximum atomic E-state index is 13.8. The third kappa shape index (κ3) is 2.71. The van der Waals surface area contributed by atoms with E-state index in [2.05, 4.69) is 0 Å². The molecule has 1 aliphatic heterocycles. The van der Waals surface area contributed by atoms with Crippen molar-refractivity contribution in [1.82, 2.24) is 0 Å². The Labute approximate surface area is 161 Å². The highest BCUT2D eigenvalue weighted by Crippen LogP contribution is 2.39. The molecular formula is C20H10F2N2O5. The molecule has 0 atom stereocenters. The second-order valence-electron chi connectivity index (χ2n) is 6.21. The molecule has 0 bridgehead atoms. The molecule has 0 aromatic heterocycles. The van der Waals surface area contributed by atoms with Crippen molar-refractivity contribution in [3.8, 4) is 16.9 Å². The first-order valence-corrected chi connectivity index (χ1v) is 8.25. The molecule has 144 valence electrons. The van der Waals surface area contributed by atoms with Crippen LogP contribution in [0.4, 0.5) is 20.2 Å².